The normalized spacial score (nSPS) is 13.1. The fourth-order valence-corrected chi connectivity index (χ4v) is 7.78. The van der Waals surface area contributed by atoms with Crippen molar-refractivity contribution >= 4 is 55.7 Å². The van der Waals surface area contributed by atoms with Crippen LogP contribution in [0.5, 0.6) is 0 Å². The smallest absolute Gasteiger partial charge is 0.0541 e. The van der Waals surface area contributed by atoms with E-state index in [2.05, 4.69) is 182 Å². The van der Waals surface area contributed by atoms with E-state index in [1.54, 1.807) is 0 Å². The first-order valence-corrected chi connectivity index (χ1v) is 16.3. The Morgan fingerprint density at radius 3 is 1.83 bits per heavy atom. The molecule has 1 aliphatic rings. The average Bonchev–Trinajstić information content (AvgIpc) is 3.57. The van der Waals surface area contributed by atoms with Gasteiger partial charge in [-0.1, -0.05) is 124 Å². The van der Waals surface area contributed by atoms with Crippen molar-refractivity contribution in [2.45, 2.75) is 19.3 Å². The summed E-state index contributed by atoms with van der Waals surface area (Å²) in [6, 6.07) is 55.5. The Hall–Kier alpha value is -5.86. The van der Waals surface area contributed by atoms with Crippen LogP contribution in [0.4, 0.5) is 17.1 Å². The monoisotopic (exact) mass is 602 g/mol. The van der Waals surface area contributed by atoms with Crippen molar-refractivity contribution in [3.05, 3.63) is 175 Å². The van der Waals surface area contributed by atoms with Gasteiger partial charge in [0.15, 0.2) is 0 Å². The van der Waals surface area contributed by atoms with Crippen LogP contribution in [0.25, 0.3) is 55.5 Å². The number of hydrogen-bond donors (Lipinski definition) is 0. The van der Waals surface area contributed by atoms with Crippen molar-refractivity contribution in [3.63, 3.8) is 0 Å². The number of fused-ring (bicyclic) bond motifs is 7. The molecule has 0 fully saturated rings. The summed E-state index contributed by atoms with van der Waals surface area (Å²) in [5.74, 6) is 0. The minimum absolute atomic E-state index is 0.188. The van der Waals surface area contributed by atoms with E-state index in [9.17, 15) is 0 Å². The molecule has 2 nitrogen and oxygen atoms in total. The van der Waals surface area contributed by atoms with Crippen LogP contribution in [0.1, 0.15) is 30.5 Å². The van der Waals surface area contributed by atoms with Crippen molar-refractivity contribution in [2.24, 2.45) is 0 Å². The van der Waals surface area contributed by atoms with E-state index in [1.807, 2.05) is 6.08 Å². The Bertz CT molecular complexity index is 2450. The van der Waals surface area contributed by atoms with Crippen molar-refractivity contribution in [1.29, 1.82) is 0 Å². The van der Waals surface area contributed by atoms with Gasteiger partial charge in [0.05, 0.1) is 16.7 Å². The molecule has 47 heavy (non-hydrogen) atoms. The Labute approximate surface area is 275 Å². The van der Waals surface area contributed by atoms with Gasteiger partial charge in [0, 0.05) is 38.6 Å². The van der Waals surface area contributed by atoms with E-state index in [4.69, 9.17) is 0 Å². The lowest BCUT2D eigenvalue weighted by atomic mass is 9.82. The van der Waals surface area contributed by atoms with Gasteiger partial charge >= 0.3 is 0 Å². The third kappa shape index (κ3) is 4.11. The van der Waals surface area contributed by atoms with E-state index < -0.39 is 0 Å². The van der Waals surface area contributed by atoms with E-state index in [0.29, 0.717) is 0 Å². The zero-order valence-electron chi connectivity index (χ0n) is 26.6. The topological polar surface area (TPSA) is 8.17 Å². The van der Waals surface area contributed by atoms with Gasteiger partial charge in [0.25, 0.3) is 0 Å². The highest BCUT2D eigenvalue weighted by Crippen LogP contribution is 2.52. The van der Waals surface area contributed by atoms with Crippen LogP contribution in [0, 0.1) is 0 Å². The molecule has 0 atom stereocenters. The van der Waals surface area contributed by atoms with Crippen molar-refractivity contribution in [2.75, 3.05) is 4.90 Å². The van der Waals surface area contributed by atoms with E-state index in [0.717, 1.165) is 22.6 Å². The Kier molecular flexibility index (Phi) is 6.04. The van der Waals surface area contributed by atoms with Crippen molar-refractivity contribution in [1.82, 2.24) is 4.57 Å². The molecule has 0 amide bonds. The predicted octanol–water partition coefficient (Wildman–Crippen LogP) is 12.4. The maximum absolute atomic E-state index is 3.97. The SMILES string of the molecule is C=Cc1ccc(N(c2ccc3c(c2)C(C)(C)c2cc(-n4c5ccccc5c5ccccc54)ccc2-3)c2cccc3ccccc23)cc1. The molecular formula is C45H34N2. The Morgan fingerprint density at radius 2 is 1.13 bits per heavy atom. The first kappa shape index (κ1) is 27.5. The van der Waals surface area contributed by atoms with Crippen molar-refractivity contribution in [3.8, 4) is 16.8 Å². The van der Waals surface area contributed by atoms with Crippen molar-refractivity contribution < 1.29 is 0 Å². The summed E-state index contributed by atoms with van der Waals surface area (Å²) >= 11 is 0. The Morgan fingerprint density at radius 1 is 0.553 bits per heavy atom. The second-order valence-electron chi connectivity index (χ2n) is 13.1. The largest absolute Gasteiger partial charge is 0.310 e. The quantitative estimate of drug-likeness (QED) is 0.190. The molecule has 9 rings (SSSR count). The number of nitrogens with zero attached hydrogens (tertiary/aromatic N) is 2. The Balaban J connectivity index is 1.21. The summed E-state index contributed by atoms with van der Waals surface area (Å²) < 4.78 is 2.42. The highest BCUT2D eigenvalue weighted by atomic mass is 15.1. The molecule has 0 radical (unpaired) electrons. The van der Waals surface area contributed by atoms with Gasteiger partial charge in [-0.2, -0.15) is 0 Å². The fraction of sp³-hybridized carbons (Fsp3) is 0.0667. The van der Waals surface area contributed by atoms with Gasteiger partial charge in [-0.3, -0.25) is 0 Å². The van der Waals surface area contributed by atoms with Crippen LogP contribution in [0.15, 0.2) is 158 Å². The predicted molar refractivity (Wildman–Crippen MR) is 201 cm³/mol. The van der Waals surface area contributed by atoms with Crippen LogP contribution in [0.2, 0.25) is 0 Å². The maximum atomic E-state index is 3.97. The summed E-state index contributed by atoms with van der Waals surface area (Å²) in [5, 5.41) is 5.02. The van der Waals surface area contributed by atoms with Gasteiger partial charge in [0.2, 0.25) is 0 Å². The lowest BCUT2D eigenvalue weighted by Crippen LogP contribution is -2.17. The summed E-state index contributed by atoms with van der Waals surface area (Å²) in [4.78, 5) is 2.40. The van der Waals surface area contributed by atoms with Crippen LogP contribution in [0.3, 0.4) is 0 Å². The summed E-state index contributed by atoms with van der Waals surface area (Å²) in [6.45, 7) is 8.72. The molecule has 0 unspecified atom stereocenters. The number of aromatic nitrogens is 1. The molecule has 0 spiro atoms. The molecule has 0 bridgehead atoms. The molecule has 1 heterocycles. The van der Waals surface area contributed by atoms with E-state index >= 15 is 0 Å². The van der Waals surface area contributed by atoms with Crippen LogP contribution in [-0.4, -0.2) is 4.57 Å². The minimum Gasteiger partial charge on any atom is -0.310 e. The van der Waals surface area contributed by atoms with E-state index in [1.165, 1.54) is 60.5 Å². The van der Waals surface area contributed by atoms with E-state index in [-0.39, 0.29) is 5.41 Å². The molecule has 0 aliphatic heterocycles. The molecule has 224 valence electrons. The highest BCUT2D eigenvalue weighted by Gasteiger charge is 2.36. The molecular weight excluding hydrogens is 569 g/mol. The number of para-hydroxylation sites is 2. The molecule has 2 heteroatoms. The molecule has 0 N–H and O–H groups in total. The molecule has 7 aromatic carbocycles. The second-order valence-corrected chi connectivity index (χ2v) is 13.1. The standard InChI is InChI=1S/C45H34N2/c1-4-30-20-22-32(23-21-30)46(42-19-11-13-31-12-5-6-14-35(31)42)33-24-26-36-37-27-25-34(29-41(37)45(2,3)40(36)28-33)47-43-17-9-7-15-38(43)39-16-8-10-18-44(39)47/h4-29H,1H2,2-3H3. The zero-order valence-corrected chi connectivity index (χ0v) is 26.6. The van der Waals surface area contributed by atoms with Crippen LogP contribution < -0.4 is 4.90 Å². The number of anilines is 3. The number of benzene rings is 7. The number of hydrogen-bond acceptors (Lipinski definition) is 1. The first-order chi connectivity index (χ1) is 23.0. The molecule has 0 saturated carbocycles. The lowest BCUT2D eigenvalue weighted by Gasteiger charge is -2.29. The molecule has 8 aromatic rings. The second kappa shape index (κ2) is 10.3. The molecule has 1 aromatic heterocycles. The van der Waals surface area contributed by atoms with Gasteiger partial charge in [-0.15, -0.1) is 0 Å². The average molecular weight is 603 g/mol. The number of rotatable bonds is 5. The van der Waals surface area contributed by atoms with Crippen LogP contribution in [-0.2, 0) is 5.41 Å². The first-order valence-electron chi connectivity index (χ1n) is 16.3. The van der Waals surface area contributed by atoms with Gasteiger partial charge in [0.1, 0.15) is 0 Å². The summed E-state index contributed by atoms with van der Waals surface area (Å²) in [6.07, 6.45) is 1.90. The van der Waals surface area contributed by atoms with Gasteiger partial charge < -0.3 is 9.47 Å². The zero-order chi connectivity index (χ0) is 31.7. The third-order valence-corrected chi connectivity index (χ3v) is 10.1. The van der Waals surface area contributed by atoms with Crippen LogP contribution >= 0.6 is 0 Å². The fourth-order valence-electron chi connectivity index (χ4n) is 7.78. The lowest BCUT2D eigenvalue weighted by molar-refractivity contribution is 0.660. The third-order valence-electron chi connectivity index (χ3n) is 10.1. The minimum atomic E-state index is -0.188. The highest BCUT2D eigenvalue weighted by molar-refractivity contribution is 6.09. The van der Waals surface area contributed by atoms with Gasteiger partial charge in [-0.05, 0) is 87.8 Å². The summed E-state index contributed by atoms with van der Waals surface area (Å²) in [7, 11) is 0. The molecule has 0 saturated heterocycles. The molecule has 1 aliphatic carbocycles. The van der Waals surface area contributed by atoms with Gasteiger partial charge in [-0.25, -0.2) is 0 Å². The maximum Gasteiger partial charge on any atom is 0.0541 e. The summed E-state index contributed by atoms with van der Waals surface area (Å²) in [5.41, 5.74) is 13.3.